The largest absolute Gasteiger partial charge is 0.465 e. The molecule has 0 fully saturated rings. The fourth-order valence-electron chi connectivity index (χ4n) is 2.24. The molecule has 0 aliphatic rings. The summed E-state index contributed by atoms with van der Waals surface area (Å²) in [4.78, 5) is 35.4. The van der Waals surface area contributed by atoms with Crippen LogP contribution in [-0.2, 0) is 14.3 Å². The Kier molecular flexibility index (Phi) is 5.89. The molecule has 0 saturated carbocycles. The Balaban J connectivity index is 1.92. The van der Waals surface area contributed by atoms with Crippen LogP contribution >= 0.6 is 0 Å². The van der Waals surface area contributed by atoms with Gasteiger partial charge in [0.25, 0.3) is 0 Å². The van der Waals surface area contributed by atoms with Crippen LogP contribution < -0.4 is 10.6 Å². The standard InChI is InChI=1S/C19H20N2O4/c1-12-5-4-6-16(13(12)2)21-18(23)11-17(22)20-15-9-7-14(8-10-15)19(24)25-3/h4-10H,11H2,1-3H3,(H,20,22)(H,21,23). The SMILES string of the molecule is COC(=O)c1ccc(NC(=O)CC(=O)Nc2cccc(C)c2C)cc1. The zero-order valence-corrected chi connectivity index (χ0v) is 14.4. The first-order valence-corrected chi connectivity index (χ1v) is 7.75. The minimum atomic E-state index is -0.453. The summed E-state index contributed by atoms with van der Waals surface area (Å²) in [5.41, 5.74) is 3.60. The lowest BCUT2D eigenvalue weighted by molar-refractivity contribution is -0.123. The Morgan fingerprint density at radius 1 is 0.920 bits per heavy atom. The van der Waals surface area contributed by atoms with Gasteiger partial charge in [-0.3, -0.25) is 9.59 Å². The lowest BCUT2D eigenvalue weighted by Crippen LogP contribution is -2.21. The van der Waals surface area contributed by atoms with Gasteiger partial charge in [0.05, 0.1) is 12.7 Å². The van der Waals surface area contributed by atoms with Crippen molar-refractivity contribution in [1.82, 2.24) is 0 Å². The van der Waals surface area contributed by atoms with Crippen LogP contribution in [0.25, 0.3) is 0 Å². The molecular formula is C19H20N2O4. The highest BCUT2D eigenvalue weighted by molar-refractivity contribution is 6.08. The average molecular weight is 340 g/mol. The molecule has 0 spiro atoms. The number of carbonyl (C=O) groups excluding carboxylic acids is 3. The van der Waals surface area contributed by atoms with E-state index in [0.29, 0.717) is 16.9 Å². The molecule has 0 aliphatic heterocycles. The van der Waals surface area contributed by atoms with E-state index in [-0.39, 0.29) is 6.42 Å². The van der Waals surface area contributed by atoms with Gasteiger partial charge >= 0.3 is 5.97 Å². The Morgan fingerprint density at radius 2 is 1.56 bits per heavy atom. The molecule has 6 heteroatoms. The number of hydrogen-bond donors (Lipinski definition) is 2. The maximum absolute atomic E-state index is 12.0. The Bertz CT molecular complexity index is 798. The van der Waals surface area contributed by atoms with Gasteiger partial charge < -0.3 is 15.4 Å². The van der Waals surface area contributed by atoms with Crippen LogP contribution in [0.1, 0.15) is 27.9 Å². The molecule has 0 atom stereocenters. The van der Waals surface area contributed by atoms with Gasteiger partial charge in [-0.2, -0.15) is 0 Å². The van der Waals surface area contributed by atoms with E-state index in [1.54, 1.807) is 18.2 Å². The number of methoxy groups -OCH3 is 1. The van der Waals surface area contributed by atoms with Crippen LogP contribution in [0.4, 0.5) is 11.4 Å². The number of hydrogen-bond acceptors (Lipinski definition) is 4. The first-order chi connectivity index (χ1) is 11.9. The molecule has 2 rings (SSSR count). The summed E-state index contributed by atoms with van der Waals surface area (Å²) < 4.78 is 4.61. The van der Waals surface area contributed by atoms with E-state index in [0.717, 1.165) is 11.1 Å². The molecule has 130 valence electrons. The quantitative estimate of drug-likeness (QED) is 0.647. The third-order valence-electron chi connectivity index (χ3n) is 3.79. The molecule has 0 saturated heterocycles. The number of rotatable bonds is 5. The van der Waals surface area contributed by atoms with Crippen molar-refractivity contribution >= 4 is 29.2 Å². The number of carbonyl (C=O) groups is 3. The van der Waals surface area contributed by atoms with Crippen molar-refractivity contribution in [3.8, 4) is 0 Å². The van der Waals surface area contributed by atoms with Gasteiger partial charge in [0, 0.05) is 11.4 Å². The van der Waals surface area contributed by atoms with E-state index in [1.807, 2.05) is 26.0 Å². The Labute approximate surface area is 146 Å². The molecule has 0 radical (unpaired) electrons. The lowest BCUT2D eigenvalue weighted by Gasteiger charge is -2.10. The van der Waals surface area contributed by atoms with Crippen LogP contribution in [0.2, 0.25) is 0 Å². The summed E-state index contributed by atoms with van der Waals surface area (Å²) in [6.07, 6.45) is -0.299. The monoisotopic (exact) mass is 340 g/mol. The second kappa shape index (κ2) is 8.10. The number of amides is 2. The molecule has 25 heavy (non-hydrogen) atoms. The van der Waals surface area contributed by atoms with E-state index < -0.39 is 17.8 Å². The molecule has 0 aromatic heterocycles. The summed E-state index contributed by atoms with van der Waals surface area (Å²) >= 11 is 0. The van der Waals surface area contributed by atoms with Crippen molar-refractivity contribution < 1.29 is 19.1 Å². The van der Waals surface area contributed by atoms with Crippen molar-refractivity contribution in [2.45, 2.75) is 20.3 Å². The zero-order valence-electron chi connectivity index (χ0n) is 14.4. The van der Waals surface area contributed by atoms with Crippen molar-refractivity contribution in [2.75, 3.05) is 17.7 Å². The van der Waals surface area contributed by atoms with Gasteiger partial charge in [0.1, 0.15) is 6.42 Å². The van der Waals surface area contributed by atoms with Gasteiger partial charge in [0.15, 0.2) is 0 Å². The number of esters is 1. The van der Waals surface area contributed by atoms with E-state index in [9.17, 15) is 14.4 Å². The Morgan fingerprint density at radius 3 is 2.20 bits per heavy atom. The molecular weight excluding hydrogens is 320 g/mol. The number of benzene rings is 2. The van der Waals surface area contributed by atoms with E-state index in [1.165, 1.54) is 19.2 Å². The fourth-order valence-corrected chi connectivity index (χ4v) is 2.24. The number of nitrogens with one attached hydrogen (secondary N) is 2. The molecule has 2 aromatic carbocycles. The number of anilines is 2. The van der Waals surface area contributed by atoms with Crippen LogP contribution in [0.15, 0.2) is 42.5 Å². The maximum atomic E-state index is 12.0. The first kappa shape index (κ1) is 18.2. The second-order valence-electron chi connectivity index (χ2n) is 5.59. The van der Waals surface area contributed by atoms with Crippen LogP contribution in [-0.4, -0.2) is 24.9 Å². The van der Waals surface area contributed by atoms with E-state index in [4.69, 9.17) is 0 Å². The highest BCUT2D eigenvalue weighted by Gasteiger charge is 2.12. The van der Waals surface area contributed by atoms with Crippen LogP contribution in [0.5, 0.6) is 0 Å². The number of aryl methyl sites for hydroxylation is 1. The van der Waals surface area contributed by atoms with Gasteiger partial charge in [-0.05, 0) is 55.3 Å². The third kappa shape index (κ3) is 4.91. The predicted octanol–water partition coefficient (Wildman–Crippen LogP) is 3.06. The van der Waals surface area contributed by atoms with E-state index in [2.05, 4.69) is 15.4 Å². The van der Waals surface area contributed by atoms with Crippen LogP contribution in [0.3, 0.4) is 0 Å². The third-order valence-corrected chi connectivity index (χ3v) is 3.79. The maximum Gasteiger partial charge on any atom is 0.337 e. The van der Waals surface area contributed by atoms with Gasteiger partial charge in [-0.25, -0.2) is 4.79 Å². The highest BCUT2D eigenvalue weighted by Crippen LogP contribution is 2.18. The van der Waals surface area contributed by atoms with Crippen molar-refractivity contribution in [3.63, 3.8) is 0 Å². The first-order valence-electron chi connectivity index (χ1n) is 7.75. The van der Waals surface area contributed by atoms with Crippen LogP contribution in [0, 0.1) is 13.8 Å². The number of ether oxygens (including phenoxy) is 1. The Hall–Kier alpha value is -3.15. The normalized spacial score (nSPS) is 10.0. The smallest absolute Gasteiger partial charge is 0.337 e. The minimum Gasteiger partial charge on any atom is -0.465 e. The summed E-state index contributed by atoms with van der Waals surface area (Å²) in [5, 5.41) is 5.36. The van der Waals surface area contributed by atoms with Gasteiger partial charge in [0.2, 0.25) is 11.8 Å². The lowest BCUT2D eigenvalue weighted by atomic mass is 10.1. The molecule has 0 unspecified atom stereocenters. The molecule has 6 nitrogen and oxygen atoms in total. The van der Waals surface area contributed by atoms with E-state index >= 15 is 0 Å². The van der Waals surface area contributed by atoms with Gasteiger partial charge in [-0.1, -0.05) is 12.1 Å². The summed E-state index contributed by atoms with van der Waals surface area (Å²) in [5.74, 6) is -1.28. The molecule has 0 bridgehead atoms. The average Bonchev–Trinajstić information content (AvgIpc) is 2.58. The highest BCUT2D eigenvalue weighted by atomic mass is 16.5. The summed E-state index contributed by atoms with van der Waals surface area (Å²) in [6, 6.07) is 11.8. The molecule has 0 heterocycles. The molecule has 0 aliphatic carbocycles. The fraction of sp³-hybridized carbons (Fsp3) is 0.211. The molecule has 2 N–H and O–H groups in total. The molecule has 2 amide bonds. The van der Waals surface area contributed by atoms with Gasteiger partial charge in [-0.15, -0.1) is 0 Å². The van der Waals surface area contributed by atoms with Crippen molar-refractivity contribution in [2.24, 2.45) is 0 Å². The predicted molar refractivity (Wildman–Crippen MR) is 95.6 cm³/mol. The minimum absolute atomic E-state index is 0.299. The zero-order chi connectivity index (χ0) is 18.4. The summed E-state index contributed by atoms with van der Waals surface area (Å²) in [6.45, 7) is 3.86. The summed E-state index contributed by atoms with van der Waals surface area (Å²) in [7, 11) is 1.30. The van der Waals surface area contributed by atoms with Crippen molar-refractivity contribution in [1.29, 1.82) is 0 Å². The topological polar surface area (TPSA) is 84.5 Å². The van der Waals surface area contributed by atoms with Crippen molar-refractivity contribution in [3.05, 3.63) is 59.2 Å². The molecule has 2 aromatic rings. The second-order valence-corrected chi connectivity index (χ2v) is 5.59.